The molecular weight excluding hydrogens is 258 g/mol. The molecule has 1 atom stereocenters. The summed E-state index contributed by atoms with van der Waals surface area (Å²) in [6.45, 7) is 3.11. The molecule has 0 aliphatic rings. The van der Waals surface area contributed by atoms with Crippen LogP contribution in [0.5, 0.6) is 0 Å². The molecule has 4 nitrogen and oxygen atoms in total. The summed E-state index contributed by atoms with van der Waals surface area (Å²) in [7, 11) is 0. The van der Waals surface area contributed by atoms with Crippen molar-refractivity contribution in [1.82, 2.24) is 9.97 Å². The predicted molar refractivity (Wildman–Crippen MR) is 72.8 cm³/mol. The molecule has 17 heavy (non-hydrogen) atoms. The van der Waals surface area contributed by atoms with Crippen molar-refractivity contribution in [2.75, 3.05) is 24.7 Å². The molecule has 0 aliphatic carbocycles. The van der Waals surface area contributed by atoms with Gasteiger partial charge in [-0.3, -0.25) is 0 Å². The highest BCUT2D eigenvalue weighted by molar-refractivity contribution is 7.98. The third-order valence-electron chi connectivity index (χ3n) is 2.35. The van der Waals surface area contributed by atoms with E-state index in [9.17, 15) is 0 Å². The van der Waals surface area contributed by atoms with Gasteiger partial charge in [-0.2, -0.15) is 0 Å². The third-order valence-corrected chi connectivity index (χ3v) is 3.09. The zero-order chi connectivity index (χ0) is 12.7. The number of aromatic nitrogens is 2. The summed E-state index contributed by atoms with van der Waals surface area (Å²) in [4.78, 5) is 8.36. The maximum Gasteiger partial charge on any atom is 0.190 e. The lowest BCUT2D eigenvalue weighted by Crippen LogP contribution is -2.08. The van der Waals surface area contributed by atoms with Crippen LogP contribution >= 0.6 is 23.4 Å². The van der Waals surface area contributed by atoms with E-state index in [-0.39, 0.29) is 6.61 Å². The van der Waals surface area contributed by atoms with E-state index in [1.165, 1.54) is 11.8 Å². The molecule has 0 amide bonds. The molecule has 0 radical (unpaired) electrons. The fourth-order valence-electron chi connectivity index (χ4n) is 1.34. The molecule has 1 aromatic heterocycles. The normalized spacial score (nSPS) is 12.5. The van der Waals surface area contributed by atoms with Gasteiger partial charge < -0.3 is 10.4 Å². The lowest BCUT2D eigenvalue weighted by atomic mass is 10.1. The predicted octanol–water partition coefficient (Wildman–Crippen LogP) is 2.67. The quantitative estimate of drug-likeness (QED) is 0.347. The molecule has 0 fully saturated rings. The minimum Gasteiger partial charge on any atom is -0.396 e. The van der Waals surface area contributed by atoms with E-state index in [2.05, 4.69) is 15.3 Å². The second-order valence-electron chi connectivity index (χ2n) is 3.92. The molecule has 0 saturated heterocycles. The van der Waals surface area contributed by atoms with Crippen LogP contribution in [0, 0.1) is 5.92 Å². The first-order valence-corrected chi connectivity index (χ1v) is 7.19. The fraction of sp³-hybridized carbons (Fsp3) is 0.636. The summed E-state index contributed by atoms with van der Waals surface area (Å²) >= 11 is 7.34. The lowest BCUT2D eigenvalue weighted by molar-refractivity contribution is 0.229. The van der Waals surface area contributed by atoms with Crippen molar-refractivity contribution in [2.24, 2.45) is 5.92 Å². The highest BCUT2D eigenvalue weighted by atomic mass is 35.5. The Balaban J connectivity index is 2.38. The minimum atomic E-state index is 0.246. The summed E-state index contributed by atoms with van der Waals surface area (Å²) < 4.78 is 0. The van der Waals surface area contributed by atoms with E-state index in [1.807, 2.05) is 13.2 Å². The first-order chi connectivity index (χ1) is 8.15. The number of aliphatic hydroxyl groups excluding tert-OH is 1. The molecule has 6 heteroatoms. The Hall–Kier alpha value is -0.520. The number of aliphatic hydroxyl groups is 1. The van der Waals surface area contributed by atoms with Crippen LogP contribution in [0.25, 0.3) is 0 Å². The Bertz CT molecular complexity index is 351. The van der Waals surface area contributed by atoms with Crippen molar-refractivity contribution in [3.8, 4) is 0 Å². The smallest absolute Gasteiger partial charge is 0.190 e. The number of anilines is 1. The zero-order valence-corrected chi connectivity index (χ0v) is 11.7. The number of nitrogens with one attached hydrogen (secondary N) is 1. The van der Waals surface area contributed by atoms with Crippen molar-refractivity contribution < 1.29 is 5.11 Å². The van der Waals surface area contributed by atoms with E-state index in [1.54, 1.807) is 6.07 Å². The largest absolute Gasteiger partial charge is 0.396 e. The Morgan fingerprint density at radius 3 is 2.94 bits per heavy atom. The summed E-state index contributed by atoms with van der Waals surface area (Å²) in [6.07, 6.45) is 3.91. The van der Waals surface area contributed by atoms with E-state index in [4.69, 9.17) is 16.7 Å². The molecule has 1 rings (SSSR count). The number of halogens is 1. The van der Waals surface area contributed by atoms with Crippen LogP contribution in [0.1, 0.15) is 19.8 Å². The molecule has 1 aromatic rings. The van der Waals surface area contributed by atoms with E-state index < -0.39 is 0 Å². The van der Waals surface area contributed by atoms with Crippen molar-refractivity contribution >= 4 is 29.2 Å². The van der Waals surface area contributed by atoms with E-state index in [0.29, 0.717) is 16.2 Å². The lowest BCUT2D eigenvalue weighted by Gasteiger charge is -2.09. The van der Waals surface area contributed by atoms with Gasteiger partial charge in [-0.25, -0.2) is 9.97 Å². The maximum absolute atomic E-state index is 8.89. The number of thioether (sulfide) groups is 1. The van der Waals surface area contributed by atoms with Gasteiger partial charge in [-0.1, -0.05) is 30.3 Å². The monoisotopic (exact) mass is 275 g/mol. The SMILES string of the molecule is CSc1nc(Cl)cc(NCCCC(C)CO)n1. The molecule has 96 valence electrons. The van der Waals surface area contributed by atoms with Crippen LogP contribution in [0.3, 0.4) is 0 Å². The van der Waals surface area contributed by atoms with Gasteiger partial charge >= 0.3 is 0 Å². The van der Waals surface area contributed by atoms with Gasteiger partial charge in [0.05, 0.1) is 0 Å². The minimum absolute atomic E-state index is 0.246. The molecular formula is C11H18ClN3OS. The first-order valence-electron chi connectivity index (χ1n) is 5.59. The second kappa shape index (κ2) is 7.74. The topological polar surface area (TPSA) is 58.0 Å². The van der Waals surface area contributed by atoms with Crippen molar-refractivity contribution in [3.63, 3.8) is 0 Å². The highest BCUT2D eigenvalue weighted by Gasteiger charge is 2.03. The van der Waals surface area contributed by atoms with Gasteiger partial charge in [0.1, 0.15) is 11.0 Å². The molecule has 0 bridgehead atoms. The van der Waals surface area contributed by atoms with Crippen molar-refractivity contribution in [3.05, 3.63) is 11.2 Å². The molecule has 0 aromatic carbocycles. The molecule has 0 saturated carbocycles. The van der Waals surface area contributed by atoms with Crippen LogP contribution in [0.2, 0.25) is 5.15 Å². The van der Waals surface area contributed by atoms with Crippen LogP contribution < -0.4 is 5.32 Å². The van der Waals surface area contributed by atoms with E-state index in [0.717, 1.165) is 25.2 Å². The third kappa shape index (κ3) is 5.57. The van der Waals surface area contributed by atoms with Gasteiger partial charge in [-0.05, 0) is 25.0 Å². The highest BCUT2D eigenvalue weighted by Crippen LogP contribution is 2.17. The number of hydrogen-bond acceptors (Lipinski definition) is 5. The van der Waals surface area contributed by atoms with Gasteiger partial charge in [0.15, 0.2) is 5.16 Å². The van der Waals surface area contributed by atoms with Crippen LogP contribution in [0.15, 0.2) is 11.2 Å². The zero-order valence-electron chi connectivity index (χ0n) is 10.1. The van der Waals surface area contributed by atoms with Gasteiger partial charge in [0.2, 0.25) is 0 Å². The summed E-state index contributed by atoms with van der Waals surface area (Å²) in [5, 5.41) is 13.2. The average molecular weight is 276 g/mol. The number of hydrogen-bond donors (Lipinski definition) is 2. The van der Waals surface area contributed by atoms with Crippen LogP contribution in [0.4, 0.5) is 5.82 Å². The second-order valence-corrected chi connectivity index (χ2v) is 5.08. The van der Waals surface area contributed by atoms with Gasteiger partial charge in [0, 0.05) is 19.2 Å². The average Bonchev–Trinajstić information content (AvgIpc) is 2.33. The molecule has 2 N–H and O–H groups in total. The van der Waals surface area contributed by atoms with Crippen LogP contribution in [-0.4, -0.2) is 34.5 Å². The van der Waals surface area contributed by atoms with Gasteiger partial charge in [-0.15, -0.1) is 0 Å². The summed E-state index contributed by atoms with van der Waals surface area (Å²) in [6, 6.07) is 1.72. The number of rotatable bonds is 7. The Labute approximate surface area is 111 Å². The van der Waals surface area contributed by atoms with Crippen LogP contribution in [-0.2, 0) is 0 Å². The molecule has 0 aliphatic heterocycles. The van der Waals surface area contributed by atoms with E-state index >= 15 is 0 Å². The standard InChI is InChI=1S/C11H18ClN3OS/c1-8(7-16)4-3-5-13-10-6-9(12)14-11(15-10)17-2/h6,8,16H,3-5,7H2,1-2H3,(H,13,14,15). The Morgan fingerprint density at radius 2 is 2.29 bits per heavy atom. The molecule has 1 unspecified atom stereocenters. The fourth-order valence-corrected chi connectivity index (χ4v) is 1.95. The van der Waals surface area contributed by atoms with Crippen molar-refractivity contribution in [1.29, 1.82) is 0 Å². The van der Waals surface area contributed by atoms with Crippen molar-refractivity contribution in [2.45, 2.75) is 24.9 Å². The first kappa shape index (κ1) is 14.5. The number of nitrogens with zero attached hydrogens (tertiary/aromatic N) is 2. The molecule has 1 heterocycles. The van der Waals surface area contributed by atoms with Gasteiger partial charge in [0.25, 0.3) is 0 Å². The Kier molecular flexibility index (Phi) is 6.62. The summed E-state index contributed by atoms with van der Waals surface area (Å²) in [5.41, 5.74) is 0. The maximum atomic E-state index is 8.89. The Morgan fingerprint density at radius 1 is 1.53 bits per heavy atom. The molecule has 0 spiro atoms. The summed E-state index contributed by atoms with van der Waals surface area (Å²) in [5.74, 6) is 1.11.